The van der Waals surface area contributed by atoms with Crippen molar-refractivity contribution >= 4 is 37.9 Å². The van der Waals surface area contributed by atoms with E-state index >= 15 is 0 Å². The summed E-state index contributed by atoms with van der Waals surface area (Å²) in [6, 6.07) is 0. The molecule has 0 aromatic carbocycles. The second-order valence-corrected chi connectivity index (χ2v) is 13.8. The number of halogens is 1. The number of hydrogen-bond donors (Lipinski definition) is 8. The number of phosphoric ester groups is 1. The molecule has 0 amide bonds. The molecule has 4 rings (SSSR count). The van der Waals surface area contributed by atoms with Gasteiger partial charge in [-0.1, -0.05) is 6.08 Å². The Morgan fingerprint density at radius 3 is 2.58 bits per heavy atom. The molecule has 12 atom stereocenters. The molecular formula is C20H30FN5O14P2S. The summed E-state index contributed by atoms with van der Waals surface area (Å²) in [6.07, 6.45) is -13.1. The predicted molar refractivity (Wildman–Crippen MR) is 142 cm³/mol. The molecule has 4 heterocycles. The Morgan fingerprint density at radius 1 is 1.26 bits per heavy atom. The minimum Gasteiger partial charge on any atom is -0.393 e. The van der Waals surface area contributed by atoms with Gasteiger partial charge in [0.25, 0.3) is 0 Å². The molecule has 2 fully saturated rings. The van der Waals surface area contributed by atoms with Crippen LogP contribution in [-0.4, -0.2) is 130 Å². The van der Waals surface area contributed by atoms with Crippen LogP contribution < -0.4 is 5.73 Å². The Labute approximate surface area is 247 Å². The Bertz CT molecular complexity index is 1410. The molecule has 2 aromatic heterocycles. The third-order valence-corrected chi connectivity index (χ3v) is 10.3. The van der Waals surface area contributed by atoms with Gasteiger partial charge in [-0.15, -0.1) is 6.58 Å². The van der Waals surface area contributed by atoms with E-state index in [0.29, 0.717) is 5.56 Å². The first kappa shape index (κ1) is 34.3. The molecule has 23 heteroatoms. The van der Waals surface area contributed by atoms with Crippen molar-refractivity contribution in [3.63, 3.8) is 0 Å². The van der Waals surface area contributed by atoms with Crippen LogP contribution in [0.3, 0.4) is 0 Å². The van der Waals surface area contributed by atoms with Gasteiger partial charge in [0.15, 0.2) is 18.1 Å². The fraction of sp³-hybridized carbons (Fsp3) is 0.650. The molecule has 242 valence electrons. The lowest BCUT2D eigenvalue weighted by Gasteiger charge is -2.41. The van der Waals surface area contributed by atoms with Gasteiger partial charge in [-0.3, -0.25) is 4.52 Å². The average Bonchev–Trinajstić information content (AvgIpc) is 3.50. The summed E-state index contributed by atoms with van der Waals surface area (Å²) in [6.45, 7) is -2.91. The van der Waals surface area contributed by atoms with E-state index in [1.165, 1.54) is 30.2 Å². The maximum absolute atomic E-state index is 14.0. The fourth-order valence-electron chi connectivity index (χ4n) is 4.66. The van der Waals surface area contributed by atoms with Crippen LogP contribution in [0.1, 0.15) is 11.7 Å². The summed E-state index contributed by atoms with van der Waals surface area (Å²) in [5.74, 6) is 0.00957. The topological polar surface area (TPSA) is 283 Å². The van der Waals surface area contributed by atoms with Crippen LogP contribution >= 0.6 is 14.5 Å². The summed E-state index contributed by atoms with van der Waals surface area (Å²) in [4.78, 5) is 28.6. The van der Waals surface area contributed by atoms with Crippen LogP contribution in [0.2, 0.25) is 0 Å². The van der Waals surface area contributed by atoms with Gasteiger partial charge in [0, 0.05) is 12.7 Å². The van der Waals surface area contributed by atoms with Gasteiger partial charge in [0.05, 0.1) is 19.4 Å². The third-order valence-electron chi connectivity index (χ3n) is 6.83. The number of nitrogen functional groups attached to an aromatic ring is 1. The van der Waals surface area contributed by atoms with Crippen LogP contribution in [0.25, 0.3) is 5.65 Å². The van der Waals surface area contributed by atoms with E-state index in [9.17, 15) is 39.2 Å². The van der Waals surface area contributed by atoms with E-state index in [4.69, 9.17) is 41.4 Å². The molecule has 2 saturated heterocycles. The molecule has 0 aliphatic carbocycles. The number of hydrogen-bond acceptors (Lipinski definition) is 17. The Kier molecular flexibility index (Phi) is 10.4. The number of rotatable bonds is 12. The second kappa shape index (κ2) is 13.0. The van der Waals surface area contributed by atoms with Crippen molar-refractivity contribution in [3.05, 3.63) is 30.7 Å². The van der Waals surface area contributed by atoms with Crippen LogP contribution in [0, 0.1) is 0 Å². The lowest BCUT2D eigenvalue weighted by Crippen LogP contribution is -2.60. The van der Waals surface area contributed by atoms with Gasteiger partial charge in [0.2, 0.25) is 5.95 Å². The van der Waals surface area contributed by atoms with Gasteiger partial charge in [-0.25, -0.2) is 23.2 Å². The smallest absolute Gasteiger partial charge is 0.393 e. The average molecular weight is 677 g/mol. The maximum atomic E-state index is 14.0. The Hall–Kier alpha value is -1.62. The van der Waals surface area contributed by atoms with Crippen molar-refractivity contribution in [3.8, 4) is 0 Å². The zero-order valence-electron chi connectivity index (χ0n) is 22.1. The lowest BCUT2D eigenvalue weighted by molar-refractivity contribution is -0.287. The number of ether oxygens (including phenoxy) is 3. The summed E-state index contributed by atoms with van der Waals surface area (Å²) in [5.41, 5.74) is 4.72. The Balaban J connectivity index is 1.46. The molecular weight excluding hydrogens is 647 g/mol. The minimum absolute atomic E-state index is 0.00957. The summed E-state index contributed by atoms with van der Waals surface area (Å²) < 4.78 is 58.5. The highest BCUT2D eigenvalue weighted by molar-refractivity contribution is 8.08. The van der Waals surface area contributed by atoms with Crippen molar-refractivity contribution in [1.29, 1.82) is 0 Å². The summed E-state index contributed by atoms with van der Waals surface area (Å²) >= 11 is 4.78. The molecule has 19 nitrogen and oxygen atoms in total. The number of aromatic nitrogens is 4. The van der Waals surface area contributed by atoms with E-state index in [2.05, 4.69) is 30.5 Å². The molecule has 2 aliphatic heterocycles. The number of nitrogens with zero attached hydrogens (tertiary/aromatic N) is 4. The quantitative estimate of drug-likeness (QED) is 0.0857. The van der Waals surface area contributed by atoms with Gasteiger partial charge < -0.3 is 59.8 Å². The molecule has 7 unspecified atom stereocenters. The summed E-state index contributed by atoms with van der Waals surface area (Å²) in [5, 5.41) is 54.1. The molecule has 43 heavy (non-hydrogen) atoms. The normalized spacial score (nSPS) is 36.7. The first-order valence-corrected chi connectivity index (χ1v) is 16.3. The minimum atomic E-state index is -5.50. The van der Waals surface area contributed by atoms with Crippen LogP contribution in [0.4, 0.5) is 10.3 Å². The largest absolute Gasteiger partial charge is 0.481 e. The number of methoxy groups -OCH3 is 1. The molecule has 2 aliphatic rings. The fourth-order valence-corrected chi connectivity index (χ4v) is 7.76. The number of aliphatic hydroxyl groups excluding tert-OH is 5. The standard InChI is InChI=1S/C20H30FN5O14P2S/c1-3-20(35-2)15(31)10(37-16(20)8-4-25-26-17(8)23-7-24-19(26)22)6-36-42(34,43)40-41(32,33)39-18-13(30)11(28)12(29)14(38-18)9(21)5-27/h3-4,7,9-16,18,27-31H,1,5-6H2,2H3,(H,32,33)(H,34,43)(H2,22,23,24)/t9-,10+,11?,12?,13?,14?,15+,16-,18?,20+,42?/m0/s1. The Morgan fingerprint density at radius 2 is 1.95 bits per heavy atom. The monoisotopic (exact) mass is 677 g/mol. The van der Waals surface area contributed by atoms with Gasteiger partial charge in [-0.2, -0.15) is 9.61 Å². The molecule has 0 radical (unpaired) electrons. The van der Waals surface area contributed by atoms with E-state index in [0.717, 1.165) is 0 Å². The maximum Gasteiger partial charge on any atom is 0.481 e. The third kappa shape index (κ3) is 6.68. The predicted octanol–water partition coefficient (Wildman–Crippen LogP) is -2.42. The van der Waals surface area contributed by atoms with Crippen molar-refractivity contribution in [1.82, 2.24) is 19.6 Å². The zero-order valence-corrected chi connectivity index (χ0v) is 24.7. The first-order valence-electron chi connectivity index (χ1n) is 12.2. The molecule has 2 aromatic rings. The number of aliphatic hydroxyl groups is 5. The molecule has 0 saturated carbocycles. The molecule has 9 N–H and O–H groups in total. The number of anilines is 1. The van der Waals surface area contributed by atoms with Crippen LogP contribution in [0.5, 0.6) is 0 Å². The number of alkyl halides is 1. The van der Waals surface area contributed by atoms with Crippen molar-refractivity contribution in [2.75, 3.05) is 26.1 Å². The van der Waals surface area contributed by atoms with Gasteiger partial charge in [-0.05, 0) is 11.8 Å². The van der Waals surface area contributed by atoms with Crippen LogP contribution in [0.15, 0.2) is 25.2 Å². The van der Waals surface area contributed by atoms with Crippen molar-refractivity contribution < 1.29 is 71.8 Å². The SMILES string of the molecule is C=C[C@@]1(OC)[C@H](O)[C@@H](COP(O)(=S)OP(=O)(O)OC2OC([C@@H](F)CO)C(O)C(O)C2O)O[C@H]1c1cnn2c(N)ncnc12. The van der Waals surface area contributed by atoms with Crippen molar-refractivity contribution in [2.24, 2.45) is 0 Å². The highest BCUT2D eigenvalue weighted by atomic mass is 32.5. The van der Waals surface area contributed by atoms with E-state index < -0.39 is 88.5 Å². The lowest BCUT2D eigenvalue weighted by atomic mass is 9.87. The number of phosphoric acid groups is 1. The van der Waals surface area contributed by atoms with Crippen LogP contribution in [-0.2, 0) is 43.9 Å². The highest BCUT2D eigenvalue weighted by Gasteiger charge is 2.57. The number of fused-ring (bicyclic) bond motifs is 1. The highest BCUT2D eigenvalue weighted by Crippen LogP contribution is 2.62. The van der Waals surface area contributed by atoms with Gasteiger partial charge >= 0.3 is 14.5 Å². The zero-order chi connectivity index (χ0) is 31.9. The van der Waals surface area contributed by atoms with E-state index in [1.807, 2.05) is 0 Å². The molecule has 0 spiro atoms. The van der Waals surface area contributed by atoms with E-state index in [1.54, 1.807) is 0 Å². The number of nitrogens with two attached hydrogens (primary N) is 1. The van der Waals surface area contributed by atoms with Crippen molar-refractivity contribution in [2.45, 2.75) is 60.8 Å². The first-order chi connectivity index (χ1) is 20.1. The summed E-state index contributed by atoms with van der Waals surface area (Å²) in [7, 11) is -4.23. The second-order valence-electron chi connectivity index (χ2n) is 9.39. The van der Waals surface area contributed by atoms with Gasteiger partial charge in [0.1, 0.15) is 54.7 Å². The molecule has 0 bridgehead atoms. The van der Waals surface area contributed by atoms with E-state index in [-0.39, 0.29) is 11.6 Å².